The second-order valence-corrected chi connectivity index (χ2v) is 11.3. The average Bonchev–Trinajstić information content (AvgIpc) is 3.36. The Bertz CT molecular complexity index is 1340. The minimum absolute atomic E-state index is 0.133. The van der Waals surface area contributed by atoms with Gasteiger partial charge in [0, 0.05) is 12.3 Å². The highest BCUT2D eigenvalue weighted by Gasteiger charge is 2.24. The summed E-state index contributed by atoms with van der Waals surface area (Å²) in [7, 11) is -1.35. The van der Waals surface area contributed by atoms with E-state index in [0.717, 1.165) is 31.3 Å². The van der Waals surface area contributed by atoms with Gasteiger partial charge in [-0.2, -0.15) is 5.10 Å². The fraction of sp³-hybridized carbons (Fsp3) is 0.560. The molecule has 0 spiro atoms. The number of nitrogens with zero attached hydrogens (tertiary/aromatic N) is 4. The second kappa shape index (κ2) is 10.9. The normalized spacial score (nSPS) is 16.5. The van der Waals surface area contributed by atoms with Gasteiger partial charge in [-0.1, -0.05) is 27.7 Å². The van der Waals surface area contributed by atoms with Crippen LogP contribution >= 0.6 is 0 Å². The highest BCUT2D eigenvalue weighted by molar-refractivity contribution is 7.90. The number of aromatic amines is 1. The molecule has 3 aromatic rings. The fourth-order valence-corrected chi connectivity index (χ4v) is 4.80. The lowest BCUT2D eigenvalue weighted by atomic mass is 10.1. The summed E-state index contributed by atoms with van der Waals surface area (Å²) in [6, 6.07) is 5.00. The lowest BCUT2D eigenvalue weighted by molar-refractivity contribution is 0.272. The smallest absolute Gasteiger partial charge is 0.279 e. The number of aromatic nitrogens is 4. The first-order valence-corrected chi connectivity index (χ1v) is 14.1. The average molecular weight is 504 g/mol. The molecule has 0 amide bonds. The summed E-state index contributed by atoms with van der Waals surface area (Å²) in [6.07, 6.45) is 3.39. The van der Waals surface area contributed by atoms with Crippen LogP contribution < -0.4 is 10.3 Å². The molecule has 1 aromatic carbocycles. The van der Waals surface area contributed by atoms with Crippen LogP contribution in [0.4, 0.5) is 0 Å². The van der Waals surface area contributed by atoms with E-state index < -0.39 is 9.84 Å². The molecule has 192 valence electrons. The van der Waals surface area contributed by atoms with Gasteiger partial charge in [0.25, 0.3) is 5.56 Å². The number of likely N-dealkylation sites (tertiary alicyclic amines) is 1. The molecule has 0 radical (unpaired) electrons. The molecule has 2 aromatic heterocycles. The zero-order valence-corrected chi connectivity index (χ0v) is 22.6. The van der Waals surface area contributed by atoms with Crippen LogP contribution in [-0.2, 0) is 16.4 Å². The summed E-state index contributed by atoms with van der Waals surface area (Å²) in [5.41, 5.74) is 1.66. The minimum Gasteiger partial charge on any atom is -0.493 e. The SMILES string of the molecule is CC.Cc1c2nc(-c3cc(S(C)(=O)=O)ccc3OCC(C)C)[nH]c(=O)c2nn1C[C@H]1CCCN1C. The molecule has 4 rings (SSSR count). The van der Waals surface area contributed by atoms with Gasteiger partial charge in [0.1, 0.15) is 17.1 Å². The molecule has 1 aliphatic rings. The third-order valence-corrected chi connectivity index (χ3v) is 7.22. The third-order valence-electron chi connectivity index (χ3n) is 6.11. The summed E-state index contributed by atoms with van der Waals surface area (Å²) in [5.74, 6) is 1.00. The van der Waals surface area contributed by atoms with Gasteiger partial charge in [0.2, 0.25) is 0 Å². The van der Waals surface area contributed by atoms with Crippen LogP contribution in [0.25, 0.3) is 22.4 Å². The van der Waals surface area contributed by atoms with Gasteiger partial charge >= 0.3 is 0 Å². The molecule has 0 unspecified atom stereocenters. The number of H-pyrrole nitrogens is 1. The molecule has 10 heteroatoms. The van der Waals surface area contributed by atoms with Gasteiger partial charge in [-0.05, 0) is 57.5 Å². The summed E-state index contributed by atoms with van der Waals surface area (Å²) in [4.78, 5) is 22.9. The van der Waals surface area contributed by atoms with Crippen molar-refractivity contribution in [2.75, 3.05) is 26.5 Å². The Morgan fingerprint density at radius 3 is 2.54 bits per heavy atom. The van der Waals surface area contributed by atoms with Crippen LogP contribution in [0.1, 0.15) is 46.2 Å². The van der Waals surface area contributed by atoms with Crippen LogP contribution in [0.3, 0.4) is 0 Å². The number of fused-ring (bicyclic) bond motifs is 1. The van der Waals surface area contributed by atoms with Crippen molar-refractivity contribution in [3.63, 3.8) is 0 Å². The van der Waals surface area contributed by atoms with Crippen molar-refractivity contribution in [3.8, 4) is 17.1 Å². The van der Waals surface area contributed by atoms with Crippen LogP contribution in [0.2, 0.25) is 0 Å². The van der Waals surface area contributed by atoms with E-state index in [4.69, 9.17) is 9.72 Å². The molecule has 1 atom stereocenters. The first-order valence-electron chi connectivity index (χ1n) is 12.2. The molecule has 0 saturated carbocycles. The van der Waals surface area contributed by atoms with Crippen molar-refractivity contribution in [2.24, 2.45) is 5.92 Å². The molecule has 1 aliphatic heterocycles. The van der Waals surface area contributed by atoms with Crippen LogP contribution in [0, 0.1) is 12.8 Å². The number of ether oxygens (including phenoxy) is 1. The quantitative estimate of drug-likeness (QED) is 0.524. The topological polar surface area (TPSA) is 110 Å². The van der Waals surface area contributed by atoms with E-state index in [0.29, 0.717) is 36.0 Å². The first kappa shape index (κ1) is 26.9. The van der Waals surface area contributed by atoms with E-state index >= 15 is 0 Å². The maximum atomic E-state index is 13.0. The van der Waals surface area contributed by atoms with Crippen molar-refractivity contribution in [1.82, 2.24) is 24.6 Å². The Kier molecular flexibility index (Phi) is 8.38. The van der Waals surface area contributed by atoms with E-state index in [2.05, 4.69) is 22.0 Å². The number of sulfone groups is 1. The number of hydrogen-bond donors (Lipinski definition) is 1. The van der Waals surface area contributed by atoms with Crippen molar-refractivity contribution in [1.29, 1.82) is 0 Å². The molecule has 1 fully saturated rings. The Balaban J connectivity index is 0.00000167. The zero-order chi connectivity index (χ0) is 25.9. The highest BCUT2D eigenvalue weighted by atomic mass is 32.2. The largest absolute Gasteiger partial charge is 0.493 e. The molecule has 1 saturated heterocycles. The Hall–Kier alpha value is -2.72. The van der Waals surface area contributed by atoms with Crippen molar-refractivity contribution in [3.05, 3.63) is 34.2 Å². The summed E-state index contributed by atoms with van der Waals surface area (Å²) < 4.78 is 32.1. The summed E-state index contributed by atoms with van der Waals surface area (Å²) >= 11 is 0. The molecule has 35 heavy (non-hydrogen) atoms. The Morgan fingerprint density at radius 2 is 1.94 bits per heavy atom. The lowest BCUT2D eigenvalue weighted by Gasteiger charge is -2.19. The summed E-state index contributed by atoms with van der Waals surface area (Å²) in [5, 5.41) is 4.54. The van der Waals surface area contributed by atoms with Crippen molar-refractivity contribution < 1.29 is 13.2 Å². The van der Waals surface area contributed by atoms with E-state index in [1.807, 2.05) is 39.3 Å². The predicted molar refractivity (Wildman–Crippen MR) is 139 cm³/mol. The standard InChI is InChI=1S/C23H31N5O4S.C2H6/c1-14(2)13-32-19-9-8-17(33(5,30)31)11-18(19)22-24-20-15(3)28(26-21(20)23(29)25-22)12-16-7-6-10-27(16)4;1-2/h8-9,11,14,16H,6-7,10,12-13H2,1-5H3,(H,24,25,29);1-2H3/t16-;/m1./s1. The summed E-state index contributed by atoms with van der Waals surface area (Å²) in [6.45, 7) is 12.2. The van der Waals surface area contributed by atoms with Gasteiger partial charge < -0.3 is 14.6 Å². The maximum Gasteiger partial charge on any atom is 0.279 e. The van der Waals surface area contributed by atoms with E-state index in [9.17, 15) is 13.2 Å². The van der Waals surface area contributed by atoms with Gasteiger partial charge in [0.15, 0.2) is 15.4 Å². The van der Waals surface area contributed by atoms with Gasteiger partial charge in [-0.25, -0.2) is 13.4 Å². The van der Waals surface area contributed by atoms with Crippen LogP contribution in [0.5, 0.6) is 5.75 Å². The van der Waals surface area contributed by atoms with E-state index in [1.165, 1.54) is 12.1 Å². The fourth-order valence-electron chi connectivity index (χ4n) is 4.15. The van der Waals surface area contributed by atoms with Gasteiger partial charge in [0.05, 0.1) is 29.3 Å². The molecule has 0 aliphatic carbocycles. The molecule has 3 heterocycles. The molecular formula is C25H37N5O4S. The van der Waals surface area contributed by atoms with Crippen molar-refractivity contribution in [2.45, 2.75) is 64.9 Å². The zero-order valence-electron chi connectivity index (χ0n) is 21.8. The lowest BCUT2D eigenvalue weighted by Crippen LogP contribution is -2.30. The molecular weight excluding hydrogens is 466 g/mol. The molecule has 1 N–H and O–H groups in total. The number of aryl methyl sites for hydroxylation is 1. The highest BCUT2D eigenvalue weighted by Crippen LogP contribution is 2.31. The van der Waals surface area contributed by atoms with E-state index in [1.54, 1.807) is 6.07 Å². The van der Waals surface area contributed by atoms with Crippen LogP contribution in [-0.4, -0.2) is 65.6 Å². The predicted octanol–water partition coefficient (Wildman–Crippen LogP) is 3.65. The third kappa shape index (κ3) is 5.92. The van der Waals surface area contributed by atoms with Gasteiger partial charge in [-0.15, -0.1) is 0 Å². The molecule has 9 nitrogen and oxygen atoms in total. The second-order valence-electron chi connectivity index (χ2n) is 9.29. The first-order chi connectivity index (χ1) is 16.5. The van der Waals surface area contributed by atoms with Gasteiger partial charge in [-0.3, -0.25) is 9.48 Å². The van der Waals surface area contributed by atoms with Crippen LogP contribution in [0.15, 0.2) is 27.9 Å². The monoisotopic (exact) mass is 503 g/mol. The maximum absolute atomic E-state index is 13.0. The number of benzene rings is 1. The Labute approximate surface area is 207 Å². The number of hydrogen-bond acceptors (Lipinski definition) is 7. The Morgan fingerprint density at radius 1 is 1.23 bits per heavy atom. The molecule has 0 bridgehead atoms. The number of rotatable bonds is 7. The van der Waals surface area contributed by atoms with E-state index in [-0.39, 0.29) is 27.7 Å². The number of nitrogens with one attached hydrogen (secondary N) is 1. The van der Waals surface area contributed by atoms with Crippen molar-refractivity contribution >= 4 is 20.9 Å². The minimum atomic E-state index is -3.45. The number of likely N-dealkylation sites (N-methyl/N-ethyl adjacent to an activating group) is 1.